The van der Waals surface area contributed by atoms with Crippen LogP contribution in [0.1, 0.15) is 24.8 Å². The Balaban J connectivity index is 1.52. The van der Waals surface area contributed by atoms with Gasteiger partial charge in [-0.3, -0.25) is 9.69 Å². The van der Waals surface area contributed by atoms with E-state index < -0.39 is 5.97 Å². The van der Waals surface area contributed by atoms with E-state index in [0.29, 0.717) is 6.54 Å². The number of benzene rings is 1. The molecule has 1 aromatic carbocycles. The lowest BCUT2D eigenvalue weighted by Gasteiger charge is -2.36. The van der Waals surface area contributed by atoms with Crippen molar-refractivity contribution in [3.63, 3.8) is 0 Å². The second kappa shape index (κ2) is 5.05. The largest absolute Gasteiger partial charge is 0.482 e. The average molecular weight is 305 g/mol. The molecule has 0 saturated carbocycles. The van der Waals surface area contributed by atoms with Crippen LogP contribution in [0.25, 0.3) is 0 Å². The first kappa shape index (κ1) is 13.7. The zero-order valence-electron chi connectivity index (χ0n) is 12.3. The van der Waals surface area contributed by atoms with Gasteiger partial charge in [0.2, 0.25) is 12.5 Å². The molecule has 118 valence electrons. The highest BCUT2D eigenvalue weighted by atomic mass is 16.7. The molecular formula is C16H19NO5. The number of carboxylic acid groups (broad SMARTS) is 1. The van der Waals surface area contributed by atoms with Crippen LogP contribution in [0.15, 0.2) is 12.1 Å². The number of carboxylic acids is 1. The van der Waals surface area contributed by atoms with Crippen LogP contribution in [0.2, 0.25) is 0 Å². The molecule has 4 rings (SSSR count). The maximum Gasteiger partial charge on any atom is 0.304 e. The van der Waals surface area contributed by atoms with Crippen molar-refractivity contribution in [2.45, 2.75) is 31.3 Å². The van der Waals surface area contributed by atoms with Gasteiger partial charge < -0.3 is 19.3 Å². The lowest BCUT2D eigenvalue weighted by molar-refractivity contribution is -0.137. The van der Waals surface area contributed by atoms with Gasteiger partial charge in [0.1, 0.15) is 5.60 Å². The molecule has 0 bridgehead atoms. The zero-order valence-corrected chi connectivity index (χ0v) is 12.3. The van der Waals surface area contributed by atoms with E-state index in [4.69, 9.17) is 19.3 Å². The molecule has 6 nitrogen and oxygen atoms in total. The molecule has 1 aromatic rings. The van der Waals surface area contributed by atoms with Crippen LogP contribution in [0.5, 0.6) is 17.2 Å². The first-order valence-corrected chi connectivity index (χ1v) is 7.70. The molecule has 1 N–H and O–H groups in total. The number of nitrogens with zero attached hydrogens (tertiary/aromatic N) is 1. The fraction of sp³-hybridized carbons (Fsp3) is 0.562. The fourth-order valence-electron chi connectivity index (χ4n) is 3.59. The van der Waals surface area contributed by atoms with E-state index in [9.17, 15) is 4.79 Å². The summed E-state index contributed by atoms with van der Waals surface area (Å²) in [6.45, 7) is 2.49. The van der Waals surface area contributed by atoms with E-state index in [1.165, 1.54) is 5.56 Å². The number of aliphatic carboxylic acids is 1. The van der Waals surface area contributed by atoms with Crippen molar-refractivity contribution in [3.8, 4) is 17.2 Å². The van der Waals surface area contributed by atoms with E-state index in [1.807, 2.05) is 12.1 Å². The summed E-state index contributed by atoms with van der Waals surface area (Å²) in [5, 5.41) is 8.82. The number of hydrogen-bond donors (Lipinski definition) is 1. The van der Waals surface area contributed by atoms with Gasteiger partial charge in [-0.1, -0.05) is 6.07 Å². The molecule has 0 aliphatic carbocycles. The summed E-state index contributed by atoms with van der Waals surface area (Å²) in [5.74, 6) is 1.54. The third-order valence-electron chi connectivity index (χ3n) is 4.78. The summed E-state index contributed by atoms with van der Waals surface area (Å²) in [6.07, 6.45) is 3.03. The smallest absolute Gasteiger partial charge is 0.304 e. The van der Waals surface area contributed by atoms with Crippen LogP contribution in [-0.2, 0) is 11.2 Å². The molecule has 1 saturated heterocycles. The monoisotopic (exact) mass is 305 g/mol. The molecule has 1 atom stereocenters. The maximum atomic E-state index is 10.7. The van der Waals surface area contributed by atoms with Gasteiger partial charge in [-0.2, -0.15) is 0 Å². The number of carbonyl (C=O) groups is 1. The minimum Gasteiger partial charge on any atom is -0.482 e. The Kier molecular flexibility index (Phi) is 3.14. The SMILES string of the molecule is O=C(O)CCN1CCC2(CCc3ccc4c(c3O2)OCO4)C1. The number of ether oxygens (including phenoxy) is 3. The molecule has 3 aliphatic heterocycles. The molecule has 1 unspecified atom stereocenters. The van der Waals surface area contributed by atoms with E-state index in [0.717, 1.165) is 49.6 Å². The lowest BCUT2D eigenvalue weighted by Crippen LogP contribution is -2.42. The van der Waals surface area contributed by atoms with Gasteiger partial charge in [0, 0.05) is 26.1 Å². The van der Waals surface area contributed by atoms with Crippen LogP contribution in [-0.4, -0.2) is 48.0 Å². The molecule has 1 spiro atoms. The summed E-state index contributed by atoms with van der Waals surface area (Å²) in [4.78, 5) is 12.9. The average Bonchev–Trinajstić information content (AvgIpc) is 3.12. The van der Waals surface area contributed by atoms with Crippen molar-refractivity contribution in [1.29, 1.82) is 0 Å². The summed E-state index contributed by atoms with van der Waals surface area (Å²) in [5.41, 5.74) is 0.950. The Morgan fingerprint density at radius 2 is 2.18 bits per heavy atom. The number of rotatable bonds is 3. The maximum absolute atomic E-state index is 10.7. The van der Waals surface area contributed by atoms with E-state index in [2.05, 4.69) is 4.90 Å². The predicted molar refractivity (Wildman–Crippen MR) is 77.6 cm³/mol. The second-order valence-electron chi connectivity index (χ2n) is 6.24. The molecule has 0 radical (unpaired) electrons. The minimum absolute atomic E-state index is 0.180. The van der Waals surface area contributed by atoms with Gasteiger partial charge in [-0.25, -0.2) is 0 Å². The van der Waals surface area contributed by atoms with Crippen molar-refractivity contribution in [2.24, 2.45) is 0 Å². The highest BCUT2D eigenvalue weighted by Crippen LogP contribution is 2.49. The van der Waals surface area contributed by atoms with Crippen molar-refractivity contribution in [3.05, 3.63) is 17.7 Å². The van der Waals surface area contributed by atoms with Crippen LogP contribution < -0.4 is 14.2 Å². The first-order chi connectivity index (χ1) is 10.7. The Bertz CT molecular complexity index is 617. The van der Waals surface area contributed by atoms with Crippen LogP contribution in [0.4, 0.5) is 0 Å². The first-order valence-electron chi connectivity index (χ1n) is 7.70. The molecular weight excluding hydrogens is 286 g/mol. The zero-order chi connectivity index (χ0) is 15.2. The van der Waals surface area contributed by atoms with Gasteiger partial charge in [0.25, 0.3) is 0 Å². The van der Waals surface area contributed by atoms with Crippen molar-refractivity contribution in [2.75, 3.05) is 26.4 Å². The number of hydrogen-bond acceptors (Lipinski definition) is 5. The van der Waals surface area contributed by atoms with Crippen LogP contribution in [0.3, 0.4) is 0 Å². The summed E-state index contributed by atoms with van der Waals surface area (Å²) in [7, 11) is 0. The summed E-state index contributed by atoms with van der Waals surface area (Å²) >= 11 is 0. The van der Waals surface area contributed by atoms with Crippen LogP contribution >= 0.6 is 0 Å². The molecule has 3 aliphatic rings. The van der Waals surface area contributed by atoms with E-state index in [-0.39, 0.29) is 18.8 Å². The molecule has 6 heteroatoms. The van der Waals surface area contributed by atoms with Crippen molar-refractivity contribution >= 4 is 5.97 Å². The Hall–Kier alpha value is -1.95. The van der Waals surface area contributed by atoms with E-state index in [1.54, 1.807) is 0 Å². The number of likely N-dealkylation sites (tertiary alicyclic amines) is 1. The normalized spacial score (nSPS) is 26.0. The molecule has 0 amide bonds. The third-order valence-corrected chi connectivity index (χ3v) is 4.78. The Morgan fingerprint density at radius 3 is 3.05 bits per heavy atom. The number of aryl methyl sites for hydroxylation is 1. The molecule has 0 aromatic heterocycles. The highest BCUT2D eigenvalue weighted by molar-refractivity contribution is 5.66. The Labute approximate surface area is 128 Å². The van der Waals surface area contributed by atoms with Gasteiger partial charge in [-0.15, -0.1) is 0 Å². The summed E-state index contributed by atoms with van der Waals surface area (Å²) in [6, 6.07) is 3.99. The van der Waals surface area contributed by atoms with Gasteiger partial charge in [0.15, 0.2) is 11.5 Å². The molecule has 3 heterocycles. The highest BCUT2D eigenvalue weighted by Gasteiger charge is 2.44. The molecule has 22 heavy (non-hydrogen) atoms. The fourth-order valence-corrected chi connectivity index (χ4v) is 3.59. The predicted octanol–water partition coefficient (Wildman–Crippen LogP) is 1.66. The van der Waals surface area contributed by atoms with Gasteiger partial charge >= 0.3 is 5.97 Å². The number of fused-ring (bicyclic) bond motifs is 3. The second-order valence-corrected chi connectivity index (χ2v) is 6.24. The third kappa shape index (κ3) is 2.27. The van der Waals surface area contributed by atoms with Crippen LogP contribution in [0, 0.1) is 0 Å². The quantitative estimate of drug-likeness (QED) is 0.916. The van der Waals surface area contributed by atoms with Gasteiger partial charge in [0.05, 0.1) is 6.42 Å². The Morgan fingerprint density at radius 1 is 1.27 bits per heavy atom. The van der Waals surface area contributed by atoms with Crippen molar-refractivity contribution in [1.82, 2.24) is 4.90 Å². The topological polar surface area (TPSA) is 68.2 Å². The summed E-state index contributed by atoms with van der Waals surface area (Å²) < 4.78 is 17.4. The van der Waals surface area contributed by atoms with Gasteiger partial charge in [-0.05, 0) is 24.5 Å². The van der Waals surface area contributed by atoms with Crippen molar-refractivity contribution < 1.29 is 24.1 Å². The lowest BCUT2D eigenvalue weighted by atomic mass is 9.90. The minimum atomic E-state index is -0.751. The molecule has 1 fully saturated rings. The van der Waals surface area contributed by atoms with E-state index >= 15 is 0 Å². The standard InChI is InChI=1S/C16H19NO5/c18-13(19)4-7-17-8-6-16(9-17)5-3-11-1-2-12-15(14(11)22-16)21-10-20-12/h1-2H,3-10H2,(H,18,19).